The normalized spacial score (nSPS) is 14.2. The molecule has 9 aromatic carbocycles. The lowest BCUT2D eigenvalue weighted by Gasteiger charge is -2.29. The van der Waals surface area contributed by atoms with Gasteiger partial charge in [-0.3, -0.25) is 0 Å². The molecular formula is C56H43N. The van der Waals surface area contributed by atoms with E-state index in [4.69, 9.17) is 0 Å². The van der Waals surface area contributed by atoms with E-state index >= 15 is 0 Å². The molecule has 2 aliphatic rings. The van der Waals surface area contributed by atoms with Crippen LogP contribution in [0.15, 0.2) is 188 Å². The molecule has 0 heterocycles. The lowest BCUT2D eigenvalue weighted by atomic mass is 9.81. The SMILES string of the molecule is CC1(C)c2ccccc2-c2ccc(N(c3ccccc3)c3ccc4c(c3)C(C)(C)c3cc(-c5ccc(-c6cc7ccccc7c7ccccc67)cc5)ccc3-4)cc21. The summed E-state index contributed by atoms with van der Waals surface area (Å²) in [5.74, 6) is 0. The van der Waals surface area contributed by atoms with Gasteiger partial charge in [0.2, 0.25) is 0 Å². The number of fused-ring (bicyclic) bond motifs is 9. The molecule has 0 aliphatic heterocycles. The summed E-state index contributed by atoms with van der Waals surface area (Å²) in [6, 6.07) is 70.0. The van der Waals surface area contributed by atoms with E-state index in [2.05, 4.69) is 221 Å². The van der Waals surface area contributed by atoms with E-state index in [9.17, 15) is 0 Å². The summed E-state index contributed by atoms with van der Waals surface area (Å²) in [5.41, 5.74) is 19.1. The minimum atomic E-state index is -0.176. The van der Waals surface area contributed by atoms with Gasteiger partial charge in [-0.15, -0.1) is 0 Å². The Morgan fingerprint density at radius 2 is 0.789 bits per heavy atom. The van der Waals surface area contributed by atoms with Gasteiger partial charge in [0.05, 0.1) is 0 Å². The second-order valence-electron chi connectivity index (χ2n) is 17.0. The first-order valence-corrected chi connectivity index (χ1v) is 20.2. The van der Waals surface area contributed by atoms with Crippen LogP contribution in [0.25, 0.3) is 66.1 Å². The van der Waals surface area contributed by atoms with E-state index in [0.717, 1.165) is 5.69 Å². The smallest absolute Gasteiger partial charge is 0.0465 e. The molecule has 0 fully saturated rings. The fraction of sp³-hybridized carbons (Fsp3) is 0.107. The van der Waals surface area contributed by atoms with E-state index in [1.807, 2.05) is 0 Å². The Kier molecular flexibility index (Phi) is 7.32. The summed E-state index contributed by atoms with van der Waals surface area (Å²) in [4.78, 5) is 2.43. The molecule has 0 amide bonds. The lowest BCUT2D eigenvalue weighted by Crippen LogP contribution is -2.18. The Hall–Kier alpha value is -6.70. The number of benzene rings is 9. The van der Waals surface area contributed by atoms with Crippen molar-refractivity contribution in [1.82, 2.24) is 0 Å². The van der Waals surface area contributed by atoms with Gasteiger partial charge in [0.25, 0.3) is 0 Å². The van der Waals surface area contributed by atoms with Crippen LogP contribution in [-0.4, -0.2) is 0 Å². The van der Waals surface area contributed by atoms with Crippen molar-refractivity contribution in [3.63, 3.8) is 0 Å². The number of anilines is 3. The van der Waals surface area contributed by atoms with Gasteiger partial charge in [-0.25, -0.2) is 0 Å². The molecule has 0 N–H and O–H groups in total. The van der Waals surface area contributed by atoms with E-state index in [0.29, 0.717) is 0 Å². The molecule has 1 heteroatoms. The van der Waals surface area contributed by atoms with Crippen molar-refractivity contribution in [2.24, 2.45) is 0 Å². The van der Waals surface area contributed by atoms with Gasteiger partial charge in [0.15, 0.2) is 0 Å². The zero-order valence-electron chi connectivity index (χ0n) is 32.8. The van der Waals surface area contributed by atoms with Gasteiger partial charge in [0.1, 0.15) is 0 Å². The van der Waals surface area contributed by atoms with Crippen LogP contribution in [0.1, 0.15) is 49.9 Å². The second-order valence-corrected chi connectivity index (χ2v) is 17.0. The maximum atomic E-state index is 2.44. The summed E-state index contributed by atoms with van der Waals surface area (Å²) in [7, 11) is 0. The van der Waals surface area contributed by atoms with E-state index in [-0.39, 0.29) is 10.8 Å². The van der Waals surface area contributed by atoms with Crippen molar-refractivity contribution in [3.05, 3.63) is 210 Å². The van der Waals surface area contributed by atoms with Crippen molar-refractivity contribution in [3.8, 4) is 44.5 Å². The third-order valence-electron chi connectivity index (χ3n) is 13.1. The van der Waals surface area contributed by atoms with Gasteiger partial charge in [-0.2, -0.15) is 0 Å². The molecule has 0 saturated heterocycles. The largest absolute Gasteiger partial charge is 0.310 e. The molecule has 272 valence electrons. The maximum absolute atomic E-state index is 2.44. The maximum Gasteiger partial charge on any atom is 0.0465 e. The van der Waals surface area contributed by atoms with Crippen LogP contribution in [0, 0.1) is 0 Å². The highest BCUT2D eigenvalue weighted by Crippen LogP contribution is 2.53. The quantitative estimate of drug-likeness (QED) is 0.159. The lowest BCUT2D eigenvalue weighted by molar-refractivity contribution is 0.660. The Morgan fingerprint density at radius 3 is 1.49 bits per heavy atom. The van der Waals surface area contributed by atoms with Crippen LogP contribution < -0.4 is 4.90 Å². The summed E-state index contributed by atoms with van der Waals surface area (Å²) in [5, 5.41) is 5.16. The van der Waals surface area contributed by atoms with E-state index < -0.39 is 0 Å². The van der Waals surface area contributed by atoms with E-state index in [1.165, 1.54) is 99.7 Å². The predicted molar refractivity (Wildman–Crippen MR) is 242 cm³/mol. The van der Waals surface area contributed by atoms with Crippen LogP contribution >= 0.6 is 0 Å². The molecule has 11 rings (SSSR count). The topological polar surface area (TPSA) is 3.24 Å². The molecule has 0 atom stereocenters. The van der Waals surface area contributed by atoms with Gasteiger partial charge in [0, 0.05) is 27.9 Å². The van der Waals surface area contributed by atoms with Crippen molar-refractivity contribution < 1.29 is 0 Å². The zero-order valence-corrected chi connectivity index (χ0v) is 32.8. The minimum absolute atomic E-state index is 0.0747. The summed E-state index contributed by atoms with van der Waals surface area (Å²) < 4.78 is 0. The van der Waals surface area contributed by atoms with Crippen LogP contribution in [0.5, 0.6) is 0 Å². The molecule has 57 heavy (non-hydrogen) atoms. The highest BCUT2D eigenvalue weighted by Gasteiger charge is 2.38. The third-order valence-corrected chi connectivity index (χ3v) is 13.1. The number of hydrogen-bond donors (Lipinski definition) is 0. The molecule has 9 aromatic rings. The van der Waals surface area contributed by atoms with Gasteiger partial charge < -0.3 is 4.90 Å². The Bertz CT molecular complexity index is 3060. The van der Waals surface area contributed by atoms with Crippen LogP contribution in [0.2, 0.25) is 0 Å². The van der Waals surface area contributed by atoms with Crippen LogP contribution in [-0.2, 0) is 10.8 Å². The van der Waals surface area contributed by atoms with E-state index in [1.54, 1.807) is 0 Å². The molecule has 1 nitrogen and oxygen atoms in total. The monoisotopic (exact) mass is 729 g/mol. The zero-order chi connectivity index (χ0) is 38.5. The Labute approximate surface area is 335 Å². The van der Waals surface area contributed by atoms with Gasteiger partial charge in [-0.1, -0.05) is 167 Å². The predicted octanol–water partition coefficient (Wildman–Crippen LogP) is 15.4. The molecule has 0 unspecified atom stereocenters. The van der Waals surface area contributed by atoms with Crippen molar-refractivity contribution in [2.45, 2.75) is 38.5 Å². The van der Waals surface area contributed by atoms with Crippen molar-refractivity contribution >= 4 is 38.6 Å². The fourth-order valence-corrected chi connectivity index (χ4v) is 10.0. The molecule has 0 bridgehead atoms. The Balaban J connectivity index is 0.958. The van der Waals surface area contributed by atoms with Crippen molar-refractivity contribution in [2.75, 3.05) is 4.90 Å². The highest BCUT2D eigenvalue weighted by atomic mass is 15.1. The first-order chi connectivity index (χ1) is 27.8. The molecule has 2 aliphatic carbocycles. The van der Waals surface area contributed by atoms with Crippen LogP contribution in [0.4, 0.5) is 17.1 Å². The molecule has 0 radical (unpaired) electrons. The Morgan fingerprint density at radius 1 is 0.298 bits per heavy atom. The van der Waals surface area contributed by atoms with Crippen LogP contribution in [0.3, 0.4) is 0 Å². The molecular weight excluding hydrogens is 687 g/mol. The fourth-order valence-electron chi connectivity index (χ4n) is 10.0. The van der Waals surface area contributed by atoms with Crippen molar-refractivity contribution in [1.29, 1.82) is 0 Å². The number of rotatable bonds is 5. The minimum Gasteiger partial charge on any atom is -0.310 e. The summed E-state index contributed by atoms with van der Waals surface area (Å²) >= 11 is 0. The number of para-hydroxylation sites is 1. The standard InChI is InChI=1S/C56H43N/c1-55(2)51-21-13-12-20-46(51)48-30-27-41(34-53(48)55)57(40-15-6-5-7-16-40)42-28-31-49-47-29-26-38(33-52(47)56(3,4)54(49)35-42)36-22-24-37(25-23-36)50-32-39-14-8-9-17-43(39)44-18-10-11-19-45(44)50/h5-35H,1-4H3. The number of hydrogen-bond acceptors (Lipinski definition) is 1. The van der Waals surface area contributed by atoms with Gasteiger partial charge >= 0.3 is 0 Å². The molecule has 0 aromatic heterocycles. The average Bonchev–Trinajstić information content (AvgIpc) is 3.62. The first-order valence-electron chi connectivity index (χ1n) is 20.2. The summed E-state index contributed by atoms with van der Waals surface area (Å²) in [6.07, 6.45) is 0. The first kappa shape index (κ1) is 33.6. The van der Waals surface area contributed by atoms with Gasteiger partial charge in [-0.05, 0) is 137 Å². The number of nitrogens with zero attached hydrogens (tertiary/aromatic N) is 1. The highest BCUT2D eigenvalue weighted by molar-refractivity contribution is 6.13. The molecule has 0 saturated carbocycles. The second kappa shape index (κ2) is 12.4. The average molecular weight is 730 g/mol. The molecule has 0 spiro atoms. The third kappa shape index (κ3) is 5.08. The summed E-state index contributed by atoms with van der Waals surface area (Å²) in [6.45, 7) is 9.50.